The lowest BCUT2D eigenvalue weighted by Gasteiger charge is -2.10. The zero-order chi connectivity index (χ0) is 18.5. The highest BCUT2D eigenvalue weighted by molar-refractivity contribution is 7.99. The first kappa shape index (κ1) is 17.9. The molecule has 2 aromatic carbocycles. The highest BCUT2D eigenvalue weighted by atomic mass is 32.2. The van der Waals surface area contributed by atoms with Crippen LogP contribution in [0, 0.1) is 6.92 Å². The number of hydrogen-bond donors (Lipinski definition) is 1. The number of Topliss-reactive ketones (excluding diaryl/α,β-unsaturated/α-hetero) is 1. The van der Waals surface area contributed by atoms with Gasteiger partial charge in [0, 0.05) is 18.2 Å². The van der Waals surface area contributed by atoms with Crippen molar-refractivity contribution < 1.29 is 9.59 Å². The van der Waals surface area contributed by atoms with Gasteiger partial charge in [-0.3, -0.25) is 14.2 Å². The number of aryl methyl sites for hydroxylation is 1. The zero-order valence-corrected chi connectivity index (χ0v) is 15.3. The number of hydrogen-bond acceptors (Lipinski definition) is 5. The summed E-state index contributed by atoms with van der Waals surface area (Å²) in [4.78, 5) is 23.6. The Labute approximate surface area is 155 Å². The molecular formula is C19H18N4O2S. The molecule has 3 rings (SSSR count). The van der Waals surface area contributed by atoms with Crippen molar-refractivity contribution in [1.82, 2.24) is 14.8 Å². The summed E-state index contributed by atoms with van der Waals surface area (Å²) in [5.74, 6) is 0.883. The van der Waals surface area contributed by atoms with Gasteiger partial charge in [-0.15, -0.1) is 10.2 Å². The fourth-order valence-corrected chi connectivity index (χ4v) is 3.39. The van der Waals surface area contributed by atoms with Crippen LogP contribution in [-0.2, 0) is 4.79 Å². The van der Waals surface area contributed by atoms with Crippen LogP contribution in [0.4, 0.5) is 5.69 Å². The van der Waals surface area contributed by atoms with E-state index in [0.717, 1.165) is 5.69 Å². The maximum Gasteiger partial charge on any atom is 0.221 e. The maximum atomic E-state index is 12.3. The molecule has 0 aliphatic carbocycles. The third-order valence-electron chi connectivity index (χ3n) is 3.65. The van der Waals surface area contributed by atoms with Gasteiger partial charge in [-0.2, -0.15) is 0 Å². The Morgan fingerprint density at radius 3 is 2.58 bits per heavy atom. The van der Waals surface area contributed by atoms with E-state index in [9.17, 15) is 9.59 Å². The number of carbonyl (C=O) groups excluding carboxylic acids is 2. The number of carbonyl (C=O) groups is 2. The summed E-state index contributed by atoms with van der Waals surface area (Å²) in [5, 5.41) is 11.7. The van der Waals surface area contributed by atoms with E-state index in [1.54, 1.807) is 12.1 Å². The molecule has 6 nitrogen and oxygen atoms in total. The average molecular weight is 366 g/mol. The molecule has 0 aliphatic rings. The maximum absolute atomic E-state index is 12.3. The number of thioether (sulfide) groups is 1. The highest BCUT2D eigenvalue weighted by Gasteiger charge is 2.14. The molecular weight excluding hydrogens is 348 g/mol. The summed E-state index contributed by atoms with van der Waals surface area (Å²) in [5.41, 5.74) is 2.20. The van der Waals surface area contributed by atoms with Crippen LogP contribution < -0.4 is 5.32 Å². The van der Waals surface area contributed by atoms with Crippen molar-refractivity contribution in [2.75, 3.05) is 11.1 Å². The minimum atomic E-state index is -0.134. The van der Waals surface area contributed by atoms with E-state index >= 15 is 0 Å². The number of nitrogens with zero attached hydrogens (tertiary/aromatic N) is 3. The molecule has 0 radical (unpaired) electrons. The van der Waals surface area contributed by atoms with Gasteiger partial charge < -0.3 is 5.32 Å². The number of benzene rings is 2. The molecule has 0 unspecified atom stereocenters. The third kappa shape index (κ3) is 4.18. The predicted octanol–water partition coefficient (Wildman–Crippen LogP) is 3.51. The monoisotopic (exact) mass is 366 g/mol. The molecule has 1 amide bonds. The lowest BCUT2D eigenvalue weighted by molar-refractivity contribution is -0.114. The summed E-state index contributed by atoms with van der Waals surface area (Å²) in [6, 6.07) is 16.6. The summed E-state index contributed by atoms with van der Waals surface area (Å²) < 4.78 is 1.87. The Kier molecular flexibility index (Phi) is 5.48. The van der Waals surface area contributed by atoms with Crippen molar-refractivity contribution in [2.24, 2.45) is 0 Å². The topological polar surface area (TPSA) is 76.9 Å². The Morgan fingerprint density at radius 2 is 1.85 bits per heavy atom. The molecule has 0 fully saturated rings. The smallest absolute Gasteiger partial charge is 0.221 e. The standard InChI is InChI=1S/C19H18N4O2S/c1-13-21-22-19(26-12-18(25)15-7-4-3-5-8-15)23(13)17-10-6-9-16(11-17)20-14(2)24/h3-11H,12H2,1-2H3,(H,20,24). The summed E-state index contributed by atoms with van der Waals surface area (Å²) in [6.07, 6.45) is 0. The van der Waals surface area contributed by atoms with Gasteiger partial charge in [0.1, 0.15) is 5.82 Å². The molecule has 0 bridgehead atoms. The van der Waals surface area contributed by atoms with Crippen molar-refractivity contribution in [3.63, 3.8) is 0 Å². The number of amides is 1. The van der Waals surface area contributed by atoms with Gasteiger partial charge in [0.05, 0.1) is 11.4 Å². The predicted molar refractivity (Wildman–Crippen MR) is 102 cm³/mol. The van der Waals surface area contributed by atoms with Gasteiger partial charge in [-0.05, 0) is 25.1 Å². The van der Waals surface area contributed by atoms with Gasteiger partial charge in [0.25, 0.3) is 0 Å². The fraction of sp³-hybridized carbons (Fsp3) is 0.158. The third-order valence-corrected chi connectivity index (χ3v) is 4.58. The Bertz CT molecular complexity index is 938. The molecule has 3 aromatic rings. The largest absolute Gasteiger partial charge is 0.326 e. The molecule has 7 heteroatoms. The van der Waals surface area contributed by atoms with Gasteiger partial charge in [-0.1, -0.05) is 48.2 Å². The van der Waals surface area contributed by atoms with Gasteiger partial charge in [0.15, 0.2) is 10.9 Å². The number of nitrogens with one attached hydrogen (secondary N) is 1. The molecule has 1 heterocycles. The van der Waals surface area contributed by atoms with Crippen molar-refractivity contribution in [3.05, 3.63) is 66.0 Å². The fourth-order valence-electron chi connectivity index (χ4n) is 2.50. The Hall–Kier alpha value is -2.93. The van der Waals surface area contributed by atoms with Crippen LogP contribution in [0.2, 0.25) is 0 Å². The minimum absolute atomic E-state index is 0.0369. The summed E-state index contributed by atoms with van der Waals surface area (Å²) in [7, 11) is 0. The second-order valence-corrected chi connectivity index (χ2v) is 6.62. The first-order valence-electron chi connectivity index (χ1n) is 8.05. The van der Waals surface area contributed by atoms with Crippen molar-refractivity contribution in [2.45, 2.75) is 19.0 Å². The first-order valence-corrected chi connectivity index (χ1v) is 9.04. The van der Waals surface area contributed by atoms with E-state index in [1.165, 1.54) is 18.7 Å². The van der Waals surface area contributed by atoms with E-state index in [-0.39, 0.29) is 17.4 Å². The van der Waals surface area contributed by atoms with Gasteiger partial charge in [0.2, 0.25) is 5.91 Å². The van der Waals surface area contributed by atoms with Crippen LogP contribution in [0.3, 0.4) is 0 Å². The lowest BCUT2D eigenvalue weighted by atomic mass is 10.2. The minimum Gasteiger partial charge on any atom is -0.326 e. The van der Waals surface area contributed by atoms with E-state index in [4.69, 9.17) is 0 Å². The van der Waals surface area contributed by atoms with Crippen molar-refractivity contribution >= 4 is 29.1 Å². The molecule has 26 heavy (non-hydrogen) atoms. The highest BCUT2D eigenvalue weighted by Crippen LogP contribution is 2.24. The number of rotatable bonds is 6. The Balaban J connectivity index is 1.81. The van der Waals surface area contributed by atoms with E-state index in [2.05, 4.69) is 15.5 Å². The van der Waals surface area contributed by atoms with Crippen LogP contribution in [-0.4, -0.2) is 32.2 Å². The summed E-state index contributed by atoms with van der Waals surface area (Å²) in [6.45, 7) is 3.31. The van der Waals surface area contributed by atoms with Crippen molar-refractivity contribution in [1.29, 1.82) is 0 Å². The average Bonchev–Trinajstić information content (AvgIpc) is 3.00. The van der Waals surface area contributed by atoms with Gasteiger partial charge in [-0.25, -0.2) is 0 Å². The molecule has 1 N–H and O–H groups in total. The second-order valence-electron chi connectivity index (χ2n) is 5.67. The van der Waals surface area contributed by atoms with Crippen LogP contribution in [0.1, 0.15) is 23.1 Å². The number of ketones is 1. The quantitative estimate of drug-likeness (QED) is 0.534. The second kappa shape index (κ2) is 7.97. The van der Waals surface area contributed by atoms with Crippen LogP contribution >= 0.6 is 11.8 Å². The molecule has 0 spiro atoms. The molecule has 0 saturated heterocycles. The normalized spacial score (nSPS) is 10.5. The van der Waals surface area contributed by atoms with E-state index < -0.39 is 0 Å². The molecule has 0 saturated carbocycles. The lowest BCUT2D eigenvalue weighted by Crippen LogP contribution is -2.07. The van der Waals surface area contributed by atoms with Crippen LogP contribution in [0.5, 0.6) is 0 Å². The zero-order valence-electron chi connectivity index (χ0n) is 14.5. The van der Waals surface area contributed by atoms with Crippen molar-refractivity contribution in [3.8, 4) is 5.69 Å². The van der Waals surface area contributed by atoms with E-state index in [0.29, 0.717) is 22.2 Å². The Morgan fingerprint density at radius 1 is 1.08 bits per heavy atom. The van der Waals surface area contributed by atoms with Gasteiger partial charge >= 0.3 is 0 Å². The molecule has 1 aromatic heterocycles. The SMILES string of the molecule is CC(=O)Nc1cccc(-n2c(C)nnc2SCC(=O)c2ccccc2)c1. The van der Waals surface area contributed by atoms with Crippen LogP contribution in [0.15, 0.2) is 59.8 Å². The van der Waals surface area contributed by atoms with Crippen LogP contribution in [0.25, 0.3) is 5.69 Å². The molecule has 0 aliphatic heterocycles. The first-order chi connectivity index (χ1) is 12.5. The molecule has 132 valence electrons. The summed E-state index contributed by atoms with van der Waals surface area (Å²) >= 11 is 1.34. The van der Waals surface area contributed by atoms with E-state index in [1.807, 2.05) is 54.0 Å². The molecule has 0 atom stereocenters. The number of aromatic nitrogens is 3. The number of anilines is 1.